The SMILES string of the molecule is CC[C@@]1(O)C(=O)OCc2c1cc1n(c2=O)Cc2c-1nc1c(C)ccc(F)c1c2F. The average molecular weight is 398 g/mol. The van der Waals surface area contributed by atoms with Gasteiger partial charge < -0.3 is 14.4 Å². The predicted molar refractivity (Wildman–Crippen MR) is 99.2 cm³/mol. The van der Waals surface area contributed by atoms with E-state index in [0.717, 1.165) is 0 Å². The van der Waals surface area contributed by atoms with Gasteiger partial charge in [-0.05, 0) is 31.0 Å². The molecule has 6 nitrogen and oxygen atoms in total. The van der Waals surface area contributed by atoms with E-state index in [4.69, 9.17) is 4.74 Å². The average Bonchev–Trinajstić information content (AvgIpc) is 3.08. The number of fused-ring (bicyclic) bond motifs is 5. The molecule has 4 heterocycles. The van der Waals surface area contributed by atoms with Crippen molar-refractivity contribution in [3.63, 3.8) is 0 Å². The molecule has 1 atom stereocenters. The monoisotopic (exact) mass is 398 g/mol. The normalized spacial score (nSPS) is 19.7. The van der Waals surface area contributed by atoms with E-state index in [2.05, 4.69) is 4.98 Å². The second-order valence-corrected chi connectivity index (χ2v) is 7.44. The number of aromatic nitrogens is 2. The third kappa shape index (κ3) is 2.15. The molecule has 8 heteroatoms. The quantitative estimate of drug-likeness (QED) is 0.499. The number of cyclic esters (lactones) is 1. The molecule has 2 aliphatic rings. The number of ether oxygens (including phenoxy) is 1. The number of hydrogen-bond acceptors (Lipinski definition) is 5. The molecule has 5 rings (SSSR count). The Morgan fingerprint density at radius 3 is 2.76 bits per heavy atom. The molecule has 3 aromatic rings. The van der Waals surface area contributed by atoms with Crippen molar-refractivity contribution >= 4 is 16.9 Å². The number of hydrogen-bond donors (Lipinski definition) is 1. The van der Waals surface area contributed by atoms with Gasteiger partial charge in [-0.25, -0.2) is 18.6 Å². The molecule has 2 aromatic heterocycles. The van der Waals surface area contributed by atoms with Gasteiger partial charge in [0.2, 0.25) is 0 Å². The first kappa shape index (κ1) is 17.9. The highest BCUT2D eigenvalue weighted by molar-refractivity contribution is 5.88. The van der Waals surface area contributed by atoms with Crippen molar-refractivity contribution in [1.82, 2.24) is 9.55 Å². The van der Waals surface area contributed by atoms with Crippen LogP contribution in [-0.4, -0.2) is 20.6 Å². The number of nitrogens with zero attached hydrogens (tertiary/aromatic N) is 2. The number of aliphatic hydroxyl groups is 1. The van der Waals surface area contributed by atoms with Gasteiger partial charge in [-0.15, -0.1) is 0 Å². The smallest absolute Gasteiger partial charge is 0.343 e. The fourth-order valence-electron chi connectivity index (χ4n) is 4.22. The zero-order valence-electron chi connectivity index (χ0n) is 15.7. The summed E-state index contributed by atoms with van der Waals surface area (Å²) in [7, 11) is 0. The van der Waals surface area contributed by atoms with Crippen LogP contribution in [0.5, 0.6) is 0 Å². The van der Waals surface area contributed by atoms with Gasteiger partial charge >= 0.3 is 5.97 Å². The first-order valence-electron chi connectivity index (χ1n) is 9.22. The van der Waals surface area contributed by atoms with Crippen molar-refractivity contribution in [2.45, 2.75) is 39.0 Å². The lowest BCUT2D eigenvalue weighted by molar-refractivity contribution is -0.172. The Hall–Kier alpha value is -3.13. The molecule has 0 spiro atoms. The molecular formula is C21H16F2N2O4. The minimum atomic E-state index is -1.96. The summed E-state index contributed by atoms with van der Waals surface area (Å²) in [6.07, 6.45) is 0.0123. The van der Waals surface area contributed by atoms with Gasteiger partial charge in [-0.1, -0.05) is 13.0 Å². The largest absolute Gasteiger partial charge is 0.458 e. The van der Waals surface area contributed by atoms with Crippen LogP contribution in [0.4, 0.5) is 8.78 Å². The summed E-state index contributed by atoms with van der Waals surface area (Å²) >= 11 is 0. The molecule has 0 saturated carbocycles. The Morgan fingerprint density at radius 2 is 2.03 bits per heavy atom. The molecule has 0 bridgehead atoms. The van der Waals surface area contributed by atoms with Gasteiger partial charge in [-0.2, -0.15) is 0 Å². The standard InChI is InChI=1S/C21H16F2N2O4/c1-3-21(28)12-6-14-18-10(7-25(14)19(26)11(12)8-29-20(21)27)16(23)15-13(22)5-4-9(2)17(15)24-18/h4-6,28H,3,7-8H2,1-2H3/t21-/m0/s1. The minimum absolute atomic E-state index is 0.0123. The van der Waals surface area contributed by atoms with Crippen molar-refractivity contribution in [2.24, 2.45) is 0 Å². The lowest BCUT2D eigenvalue weighted by atomic mass is 9.86. The highest BCUT2D eigenvalue weighted by atomic mass is 19.1. The zero-order chi connectivity index (χ0) is 20.7. The van der Waals surface area contributed by atoms with Crippen LogP contribution in [0.3, 0.4) is 0 Å². The summed E-state index contributed by atoms with van der Waals surface area (Å²) in [4.78, 5) is 29.7. The van der Waals surface area contributed by atoms with E-state index >= 15 is 4.39 Å². The lowest BCUT2D eigenvalue weighted by Gasteiger charge is -2.31. The molecule has 1 N–H and O–H groups in total. The first-order valence-corrected chi connectivity index (χ1v) is 9.22. The Bertz CT molecular complexity index is 1310. The number of rotatable bonds is 1. The molecule has 29 heavy (non-hydrogen) atoms. The lowest BCUT2D eigenvalue weighted by Crippen LogP contribution is -2.44. The maximum atomic E-state index is 15.2. The summed E-state index contributed by atoms with van der Waals surface area (Å²) < 4.78 is 35.9. The Morgan fingerprint density at radius 1 is 1.28 bits per heavy atom. The van der Waals surface area contributed by atoms with E-state index in [1.54, 1.807) is 13.8 Å². The fourth-order valence-corrected chi connectivity index (χ4v) is 4.22. The topological polar surface area (TPSA) is 81.4 Å². The van der Waals surface area contributed by atoms with Crippen LogP contribution < -0.4 is 5.56 Å². The molecule has 1 aromatic carbocycles. The van der Waals surface area contributed by atoms with Gasteiger partial charge in [0.05, 0.1) is 34.4 Å². The van der Waals surface area contributed by atoms with Crippen molar-refractivity contribution < 1.29 is 23.4 Å². The summed E-state index contributed by atoms with van der Waals surface area (Å²) in [6.45, 7) is 2.92. The molecule has 148 valence electrons. The highest BCUT2D eigenvalue weighted by Gasteiger charge is 2.45. The predicted octanol–water partition coefficient (Wildman–Crippen LogP) is 2.67. The first-order chi connectivity index (χ1) is 13.8. The number of esters is 1. The van der Waals surface area contributed by atoms with E-state index in [0.29, 0.717) is 5.56 Å². The number of carbonyl (C=O) groups excluding carboxylic acids is 1. The number of pyridine rings is 2. The van der Waals surface area contributed by atoms with Crippen LogP contribution in [0, 0.1) is 18.6 Å². The van der Waals surface area contributed by atoms with Crippen molar-refractivity contribution in [3.8, 4) is 11.4 Å². The van der Waals surface area contributed by atoms with E-state index in [-0.39, 0.29) is 58.6 Å². The van der Waals surface area contributed by atoms with Crippen LogP contribution in [0.25, 0.3) is 22.3 Å². The molecular weight excluding hydrogens is 382 g/mol. The van der Waals surface area contributed by atoms with E-state index in [1.807, 2.05) is 0 Å². The second kappa shape index (κ2) is 5.70. The Kier molecular flexibility index (Phi) is 3.52. The molecule has 2 aliphatic heterocycles. The van der Waals surface area contributed by atoms with Crippen LogP contribution in [0.1, 0.15) is 35.6 Å². The van der Waals surface area contributed by atoms with Crippen molar-refractivity contribution in [2.75, 3.05) is 0 Å². The third-order valence-electron chi connectivity index (χ3n) is 5.92. The third-order valence-corrected chi connectivity index (χ3v) is 5.92. The van der Waals surface area contributed by atoms with Gasteiger partial charge in [-0.3, -0.25) is 4.79 Å². The van der Waals surface area contributed by atoms with Crippen molar-refractivity contribution in [1.29, 1.82) is 0 Å². The van der Waals surface area contributed by atoms with Crippen molar-refractivity contribution in [3.05, 3.63) is 62.4 Å². The van der Waals surface area contributed by atoms with Gasteiger partial charge in [0.1, 0.15) is 18.2 Å². The van der Waals surface area contributed by atoms with Gasteiger partial charge in [0, 0.05) is 11.1 Å². The van der Waals surface area contributed by atoms with Crippen LogP contribution in [-0.2, 0) is 28.3 Å². The zero-order valence-corrected chi connectivity index (χ0v) is 15.7. The van der Waals surface area contributed by atoms with Gasteiger partial charge in [0.25, 0.3) is 5.56 Å². The van der Waals surface area contributed by atoms with E-state index < -0.39 is 28.8 Å². The summed E-state index contributed by atoms with van der Waals surface area (Å²) in [6, 6.07) is 4.20. The van der Waals surface area contributed by atoms with Gasteiger partial charge in [0.15, 0.2) is 5.60 Å². The molecule has 0 unspecified atom stereocenters. The molecule has 0 fully saturated rings. The highest BCUT2D eigenvalue weighted by Crippen LogP contribution is 2.40. The summed E-state index contributed by atoms with van der Waals surface area (Å²) in [5.41, 5.74) is -0.778. The maximum Gasteiger partial charge on any atom is 0.343 e. The van der Waals surface area contributed by atoms with E-state index in [9.17, 15) is 19.1 Å². The Balaban J connectivity index is 1.86. The van der Waals surface area contributed by atoms with Crippen LogP contribution >= 0.6 is 0 Å². The molecule has 0 amide bonds. The molecule has 0 aliphatic carbocycles. The number of benzene rings is 1. The fraction of sp³-hybridized carbons (Fsp3) is 0.286. The van der Waals surface area contributed by atoms with E-state index in [1.165, 1.54) is 22.8 Å². The summed E-state index contributed by atoms with van der Waals surface area (Å²) in [5, 5.41) is 10.6. The van der Waals surface area contributed by atoms with Crippen LogP contribution in [0.15, 0.2) is 23.0 Å². The Labute approximate surface area is 163 Å². The number of aryl methyl sites for hydroxylation is 1. The molecule has 0 radical (unpaired) electrons. The second-order valence-electron chi connectivity index (χ2n) is 7.44. The number of carbonyl (C=O) groups is 1. The minimum Gasteiger partial charge on any atom is -0.458 e. The molecule has 0 saturated heterocycles. The number of halogens is 2. The van der Waals surface area contributed by atoms with Crippen LogP contribution in [0.2, 0.25) is 0 Å². The summed E-state index contributed by atoms with van der Waals surface area (Å²) in [5.74, 6) is -2.31. The maximum absolute atomic E-state index is 15.2.